The molecule has 0 spiro atoms. The molecule has 11 heavy (non-hydrogen) atoms. The summed E-state index contributed by atoms with van der Waals surface area (Å²) in [4.78, 5) is 0. The van der Waals surface area contributed by atoms with Crippen molar-refractivity contribution in [3.8, 4) is 0 Å². The van der Waals surface area contributed by atoms with E-state index >= 15 is 0 Å². The maximum Gasteiger partial charge on any atom is 0.0572 e. The quantitative estimate of drug-likeness (QED) is 0.609. The Hall–Kier alpha value is -0.0800. The molecule has 1 fully saturated rings. The average Bonchev–Trinajstić information content (AvgIpc) is 1.75. The molecule has 0 radical (unpaired) electrons. The zero-order valence-corrected chi connectivity index (χ0v) is 7.94. The Morgan fingerprint density at radius 2 is 1.91 bits per heavy atom. The predicted molar refractivity (Wildman–Crippen MR) is 44.6 cm³/mol. The van der Waals surface area contributed by atoms with Crippen LogP contribution in [0.2, 0.25) is 0 Å². The molecule has 2 heteroatoms. The topological polar surface area (TPSA) is 18.5 Å². The van der Waals surface area contributed by atoms with Gasteiger partial charge in [-0.3, -0.25) is 0 Å². The van der Waals surface area contributed by atoms with Crippen molar-refractivity contribution < 1.29 is 9.47 Å². The Labute approximate surface area is 68.9 Å². The molecule has 0 aliphatic carbocycles. The van der Waals surface area contributed by atoms with Gasteiger partial charge < -0.3 is 9.47 Å². The van der Waals surface area contributed by atoms with Crippen molar-refractivity contribution in [3.05, 3.63) is 0 Å². The Kier molecular flexibility index (Phi) is 2.26. The fraction of sp³-hybridized carbons (Fsp3) is 1.00. The monoisotopic (exact) mass is 158 g/mol. The number of rotatable bonds is 2. The minimum Gasteiger partial charge on any atom is -0.384 e. The van der Waals surface area contributed by atoms with Crippen LogP contribution in [0.15, 0.2) is 0 Å². The van der Waals surface area contributed by atoms with Crippen LogP contribution in [-0.2, 0) is 9.47 Å². The first-order chi connectivity index (χ1) is 5.02. The van der Waals surface area contributed by atoms with Crippen LogP contribution in [0.25, 0.3) is 0 Å². The zero-order valence-electron chi connectivity index (χ0n) is 7.94. The minimum absolute atomic E-state index is 0.266. The molecular formula is C9H18O2. The molecule has 0 aromatic rings. The van der Waals surface area contributed by atoms with Gasteiger partial charge in [-0.1, -0.05) is 20.8 Å². The second-order valence-corrected chi connectivity index (χ2v) is 4.46. The Balaban J connectivity index is 2.60. The van der Waals surface area contributed by atoms with Crippen molar-refractivity contribution in [2.75, 3.05) is 26.9 Å². The smallest absolute Gasteiger partial charge is 0.0572 e. The van der Waals surface area contributed by atoms with E-state index in [1.165, 1.54) is 0 Å². The molecule has 0 aromatic heterocycles. The van der Waals surface area contributed by atoms with Crippen molar-refractivity contribution in [1.29, 1.82) is 0 Å². The van der Waals surface area contributed by atoms with Crippen LogP contribution in [-0.4, -0.2) is 26.9 Å². The van der Waals surface area contributed by atoms with Crippen molar-refractivity contribution in [2.45, 2.75) is 20.8 Å². The van der Waals surface area contributed by atoms with Crippen LogP contribution < -0.4 is 0 Å². The second-order valence-electron chi connectivity index (χ2n) is 4.46. The lowest BCUT2D eigenvalue weighted by Crippen LogP contribution is -2.54. The molecule has 0 N–H and O–H groups in total. The number of methoxy groups -OCH3 is 1. The van der Waals surface area contributed by atoms with Crippen LogP contribution in [0.1, 0.15) is 20.8 Å². The van der Waals surface area contributed by atoms with E-state index in [0.29, 0.717) is 5.41 Å². The van der Waals surface area contributed by atoms with Gasteiger partial charge in [-0.05, 0) is 5.41 Å². The third-order valence-corrected chi connectivity index (χ3v) is 2.77. The molecular weight excluding hydrogens is 140 g/mol. The van der Waals surface area contributed by atoms with E-state index in [2.05, 4.69) is 20.8 Å². The highest BCUT2D eigenvalue weighted by molar-refractivity contribution is 4.95. The van der Waals surface area contributed by atoms with E-state index in [4.69, 9.17) is 9.47 Å². The highest BCUT2D eigenvalue weighted by Crippen LogP contribution is 2.44. The van der Waals surface area contributed by atoms with E-state index in [1.54, 1.807) is 7.11 Å². The van der Waals surface area contributed by atoms with Gasteiger partial charge in [0, 0.05) is 12.5 Å². The van der Waals surface area contributed by atoms with Crippen molar-refractivity contribution in [1.82, 2.24) is 0 Å². The van der Waals surface area contributed by atoms with Gasteiger partial charge in [-0.25, -0.2) is 0 Å². The van der Waals surface area contributed by atoms with Gasteiger partial charge in [0.2, 0.25) is 0 Å². The summed E-state index contributed by atoms with van der Waals surface area (Å²) in [5.41, 5.74) is 0.559. The van der Waals surface area contributed by atoms with Crippen LogP contribution in [0.5, 0.6) is 0 Å². The summed E-state index contributed by atoms with van der Waals surface area (Å²) in [5, 5.41) is 0. The lowest BCUT2D eigenvalue weighted by atomic mass is 9.65. The predicted octanol–water partition coefficient (Wildman–Crippen LogP) is 1.70. The van der Waals surface area contributed by atoms with Crippen molar-refractivity contribution in [2.24, 2.45) is 10.8 Å². The molecule has 66 valence electrons. The van der Waals surface area contributed by atoms with Gasteiger partial charge in [-0.15, -0.1) is 0 Å². The number of ether oxygens (including phenoxy) is 2. The Bertz CT molecular complexity index is 131. The van der Waals surface area contributed by atoms with Crippen molar-refractivity contribution in [3.63, 3.8) is 0 Å². The molecule has 0 bridgehead atoms. The standard InChI is InChI=1S/C9H18O2/c1-8(2,3)9(5-10-4)6-11-7-9/h5-7H2,1-4H3. The summed E-state index contributed by atoms with van der Waals surface area (Å²) in [6.45, 7) is 9.25. The molecule has 0 amide bonds. The minimum atomic E-state index is 0.266. The molecule has 2 nitrogen and oxygen atoms in total. The molecule has 1 aliphatic rings. The Morgan fingerprint density at radius 1 is 1.36 bits per heavy atom. The second kappa shape index (κ2) is 2.76. The maximum absolute atomic E-state index is 5.24. The summed E-state index contributed by atoms with van der Waals surface area (Å²) >= 11 is 0. The van der Waals surface area contributed by atoms with E-state index in [1.807, 2.05) is 0 Å². The first-order valence-corrected chi connectivity index (χ1v) is 4.08. The average molecular weight is 158 g/mol. The molecule has 1 aliphatic heterocycles. The SMILES string of the molecule is COCC1(C(C)(C)C)COC1. The molecule has 0 unspecified atom stereocenters. The molecule has 1 saturated heterocycles. The lowest BCUT2D eigenvalue weighted by Gasteiger charge is -2.50. The van der Waals surface area contributed by atoms with Crippen LogP contribution in [0.3, 0.4) is 0 Å². The highest BCUT2D eigenvalue weighted by atomic mass is 16.5. The summed E-state index contributed by atoms with van der Waals surface area (Å²) in [7, 11) is 1.76. The van der Waals surface area contributed by atoms with Crippen LogP contribution in [0, 0.1) is 10.8 Å². The zero-order chi connectivity index (χ0) is 8.54. The first-order valence-electron chi connectivity index (χ1n) is 4.08. The fourth-order valence-electron chi connectivity index (χ4n) is 1.36. The molecule has 0 atom stereocenters. The summed E-state index contributed by atoms with van der Waals surface area (Å²) < 4.78 is 10.4. The van der Waals surface area contributed by atoms with E-state index in [0.717, 1.165) is 19.8 Å². The van der Waals surface area contributed by atoms with E-state index in [-0.39, 0.29) is 5.41 Å². The Morgan fingerprint density at radius 3 is 2.00 bits per heavy atom. The highest BCUT2D eigenvalue weighted by Gasteiger charge is 2.48. The summed E-state index contributed by atoms with van der Waals surface area (Å²) in [6.07, 6.45) is 0. The largest absolute Gasteiger partial charge is 0.384 e. The maximum atomic E-state index is 5.24. The van der Waals surface area contributed by atoms with E-state index < -0.39 is 0 Å². The van der Waals surface area contributed by atoms with Crippen molar-refractivity contribution >= 4 is 0 Å². The third kappa shape index (κ3) is 1.42. The van der Waals surface area contributed by atoms with Gasteiger partial charge in [0.05, 0.1) is 19.8 Å². The van der Waals surface area contributed by atoms with Crippen LogP contribution in [0.4, 0.5) is 0 Å². The van der Waals surface area contributed by atoms with Gasteiger partial charge in [0.1, 0.15) is 0 Å². The normalized spacial score (nSPS) is 22.9. The lowest BCUT2D eigenvalue weighted by molar-refractivity contribution is -0.195. The number of hydrogen-bond donors (Lipinski definition) is 0. The summed E-state index contributed by atoms with van der Waals surface area (Å²) in [6, 6.07) is 0. The van der Waals surface area contributed by atoms with Crippen LogP contribution >= 0.6 is 0 Å². The molecule has 1 rings (SSSR count). The van der Waals surface area contributed by atoms with Gasteiger partial charge >= 0.3 is 0 Å². The first kappa shape index (κ1) is 9.01. The molecule has 0 saturated carbocycles. The molecule has 1 heterocycles. The summed E-state index contributed by atoms with van der Waals surface area (Å²) in [5.74, 6) is 0. The molecule has 0 aromatic carbocycles. The third-order valence-electron chi connectivity index (χ3n) is 2.77. The van der Waals surface area contributed by atoms with Gasteiger partial charge in [0.15, 0.2) is 0 Å². The number of hydrogen-bond acceptors (Lipinski definition) is 2. The van der Waals surface area contributed by atoms with E-state index in [9.17, 15) is 0 Å². The van der Waals surface area contributed by atoms with Gasteiger partial charge in [0.25, 0.3) is 0 Å². The fourth-order valence-corrected chi connectivity index (χ4v) is 1.36. The van der Waals surface area contributed by atoms with Gasteiger partial charge in [-0.2, -0.15) is 0 Å².